The molecule has 0 atom stereocenters. The van der Waals surface area contributed by atoms with Gasteiger partial charge in [-0.3, -0.25) is 0 Å². The molecule has 0 spiro atoms. The van der Waals surface area contributed by atoms with Crippen LogP contribution in [0.1, 0.15) is 22.3 Å². The van der Waals surface area contributed by atoms with Gasteiger partial charge in [-0.1, -0.05) is 107 Å². The fourth-order valence-corrected chi connectivity index (χ4v) is 6.79. The predicted molar refractivity (Wildman–Crippen MR) is 198 cm³/mol. The van der Waals surface area contributed by atoms with Crippen LogP contribution in [-0.4, -0.2) is 0 Å². The molecule has 8 rings (SSSR count). The molecule has 0 fully saturated rings. The van der Waals surface area contributed by atoms with E-state index in [9.17, 15) is 0 Å². The zero-order valence-electron chi connectivity index (χ0n) is 26.8. The monoisotopic (exact) mass is 592 g/mol. The van der Waals surface area contributed by atoms with E-state index in [-0.39, 0.29) is 0 Å². The van der Waals surface area contributed by atoms with Gasteiger partial charge >= 0.3 is 0 Å². The summed E-state index contributed by atoms with van der Waals surface area (Å²) < 4.78 is 0. The quantitative estimate of drug-likeness (QED) is 0.177. The van der Waals surface area contributed by atoms with E-state index in [1.54, 1.807) is 0 Å². The van der Waals surface area contributed by atoms with Crippen molar-refractivity contribution in [1.82, 2.24) is 0 Å². The van der Waals surface area contributed by atoms with Crippen molar-refractivity contribution in [2.45, 2.75) is 27.7 Å². The molecule has 8 aromatic carbocycles. The zero-order chi connectivity index (χ0) is 31.4. The minimum absolute atomic E-state index is 1.15. The Morgan fingerprint density at radius 3 is 0.826 bits per heavy atom. The van der Waals surface area contributed by atoms with Crippen LogP contribution in [0.5, 0.6) is 0 Å². The molecule has 2 nitrogen and oxygen atoms in total. The van der Waals surface area contributed by atoms with Gasteiger partial charge in [-0.15, -0.1) is 0 Å². The molecule has 0 aliphatic carbocycles. The second-order valence-electron chi connectivity index (χ2n) is 12.6. The van der Waals surface area contributed by atoms with Crippen LogP contribution in [0.4, 0.5) is 34.1 Å². The van der Waals surface area contributed by atoms with Gasteiger partial charge in [0.05, 0.1) is 11.4 Å². The largest absolute Gasteiger partial charge is 0.310 e. The number of benzene rings is 8. The molecule has 46 heavy (non-hydrogen) atoms. The molecule has 0 aliphatic rings. The van der Waals surface area contributed by atoms with Crippen molar-refractivity contribution < 1.29 is 0 Å². The lowest BCUT2D eigenvalue weighted by Gasteiger charge is -2.29. The van der Waals surface area contributed by atoms with Gasteiger partial charge in [-0.2, -0.15) is 0 Å². The summed E-state index contributed by atoms with van der Waals surface area (Å²) in [5.41, 5.74) is 12.0. The van der Waals surface area contributed by atoms with Gasteiger partial charge in [-0.05, 0) is 110 Å². The molecule has 0 amide bonds. The Kier molecular flexibility index (Phi) is 6.73. The van der Waals surface area contributed by atoms with Crippen molar-refractivity contribution >= 4 is 66.4 Å². The van der Waals surface area contributed by atoms with E-state index < -0.39 is 0 Å². The van der Waals surface area contributed by atoms with E-state index in [0.717, 1.165) is 22.7 Å². The van der Waals surface area contributed by atoms with Crippen LogP contribution in [0.2, 0.25) is 0 Å². The van der Waals surface area contributed by atoms with Gasteiger partial charge in [0.15, 0.2) is 0 Å². The van der Waals surface area contributed by atoms with Gasteiger partial charge in [0.1, 0.15) is 0 Å². The summed E-state index contributed by atoms with van der Waals surface area (Å²) >= 11 is 0. The van der Waals surface area contributed by atoms with Crippen molar-refractivity contribution in [3.05, 3.63) is 168 Å². The highest BCUT2D eigenvalue weighted by Gasteiger charge is 2.21. The van der Waals surface area contributed by atoms with Gasteiger partial charge in [0.2, 0.25) is 0 Å². The first-order chi connectivity index (χ1) is 22.4. The maximum absolute atomic E-state index is 2.40. The Morgan fingerprint density at radius 1 is 0.283 bits per heavy atom. The lowest BCUT2D eigenvalue weighted by molar-refractivity contribution is 1.28. The van der Waals surface area contributed by atoms with Crippen molar-refractivity contribution in [3.63, 3.8) is 0 Å². The van der Waals surface area contributed by atoms with Crippen molar-refractivity contribution in [2.24, 2.45) is 0 Å². The highest BCUT2D eigenvalue weighted by Crippen LogP contribution is 2.47. The average Bonchev–Trinajstić information content (AvgIpc) is 3.08. The summed E-state index contributed by atoms with van der Waals surface area (Å²) in [6.07, 6.45) is 0. The van der Waals surface area contributed by atoms with E-state index in [4.69, 9.17) is 0 Å². The Bertz CT molecular complexity index is 2060. The lowest BCUT2D eigenvalue weighted by Crippen LogP contribution is -2.11. The maximum Gasteiger partial charge on any atom is 0.0540 e. The summed E-state index contributed by atoms with van der Waals surface area (Å²) in [5.74, 6) is 0. The smallest absolute Gasteiger partial charge is 0.0540 e. The SMILES string of the molecule is Cc1ccc(N(c2ccc(C)cc2)c2ccc3ccc4ccc(N(c5ccc(C)cc5)c5ccc(C)cc5)c5ccc2c3c45)cc1. The summed E-state index contributed by atoms with van der Waals surface area (Å²) in [4.78, 5) is 4.80. The highest BCUT2D eigenvalue weighted by atomic mass is 15.1. The third-order valence-electron chi connectivity index (χ3n) is 9.27. The number of aryl methyl sites for hydroxylation is 4. The second kappa shape index (κ2) is 11.1. The van der Waals surface area contributed by atoms with E-state index in [1.165, 1.54) is 65.9 Å². The first-order valence-electron chi connectivity index (χ1n) is 16.0. The number of rotatable bonds is 6. The van der Waals surface area contributed by atoms with Crippen LogP contribution >= 0.6 is 0 Å². The maximum atomic E-state index is 2.40. The van der Waals surface area contributed by atoms with Crippen molar-refractivity contribution in [2.75, 3.05) is 9.80 Å². The zero-order valence-corrected chi connectivity index (χ0v) is 26.8. The summed E-state index contributed by atoms with van der Waals surface area (Å²) in [5, 5.41) is 7.58. The normalized spacial score (nSPS) is 11.5. The molecule has 8 aromatic rings. The van der Waals surface area contributed by atoms with Crippen LogP contribution in [-0.2, 0) is 0 Å². The highest BCUT2D eigenvalue weighted by molar-refractivity contribution is 6.28. The molecule has 0 heterocycles. The first kappa shape index (κ1) is 27.9. The molecule has 0 bridgehead atoms. The minimum atomic E-state index is 1.15. The van der Waals surface area contributed by atoms with Gasteiger partial charge < -0.3 is 9.80 Å². The third-order valence-corrected chi connectivity index (χ3v) is 9.27. The topological polar surface area (TPSA) is 6.48 Å². The van der Waals surface area contributed by atoms with E-state index in [2.05, 4.69) is 183 Å². The molecule has 0 saturated carbocycles. The third kappa shape index (κ3) is 4.74. The summed E-state index contributed by atoms with van der Waals surface area (Å²) in [7, 11) is 0. The standard InChI is InChI=1S/C44H36N2/c1-29-5-17-35(18-6-29)45(36-19-7-30(2)8-20-36)41-27-15-33-13-14-34-16-28-42(40-26-25-39(41)43(33)44(34)40)46(37-21-9-31(3)10-22-37)38-23-11-32(4)12-24-38/h5-28H,1-4H3. The van der Waals surface area contributed by atoms with Gasteiger partial charge in [-0.25, -0.2) is 0 Å². The number of hydrogen-bond acceptors (Lipinski definition) is 2. The molecular formula is C44H36N2. The predicted octanol–water partition coefficient (Wildman–Crippen LogP) is 12.8. The van der Waals surface area contributed by atoms with Crippen molar-refractivity contribution in [1.29, 1.82) is 0 Å². The lowest BCUT2D eigenvalue weighted by atomic mass is 9.91. The number of hydrogen-bond donors (Lipinski definition) is 0. The van der Waals surface area contributed by atoms with Crippen LogP contribution < -0.4 is 9.80 Å². The van der Waals surface area contributed by atoms with Gasteiger partial charge in [0.25, 0.3) is 0 Å². The van der Waals surface area contributed by atoms with Gasteiger partial charge in [0, 0.05) is 33.5 Å². The molecular weight excluding hydrogens is 556 g/mol. The fourth-order valence-electron chi connectivity index (χ4n) is 6.79. The fraction of sp³-hybridized carbons (Fsp3) is 0.0909. The Hall–Kier alpha value is -5.60. The molecule has 0 N–H and O–H groups in total. The second-order valence-corrected chi connectivity index (χ2v) is 12.6. The molecule has 0 aromatic heterocycles. The van der Waals surface area contributed by atoms with E-state index in [1.807, 2.05) is 0 Å². The molecule has 0 unspecified atom stereocenters. The van der Waals surface area contributed by atoms with E-state index >= 15 is 0 Å². The molecule has 0 radical (unpaired) electrons. The molecule has 0 aliphatic heterocycles. The number of nitrogens with zero attached hydrogens (tertiary/aromatic N) is 2. The molecule has 222 valence electrons. The Labute approximate surface area is 271 Å². The van der Waals surface area contributed by atoms with Crippen LogP contribution in [0.25, 0.3) is 32.3 Å². The minimum Gasteiger partial charge on any atom is -0.310 e. The van der Waals surface area contributed by atoms with Crippen LogP contribution in [0.15, 0.2) is 146 Å². The summed E-state index contributed by atoms with van der Waals surface area (Å²) in [6, 6.07) is 53.8. The van der Waals surface area contributed by atoms with Crippen LogP contribution in [0, 0.1) is 27.7 Å². The molecule has 0 saturated heterocycles. The summed E-state index contributed by atoms with van der Waals surface area (Å²) in [6.45, 7) is 8.57. The average molecular weight is 593 g/mol. The first-order valence-corrected chi connectivity index (χ1v) is 16.0. The van der Waals surface area contributed by atoms with E-state index in [0.29, 0.717) is 0 Å². The Balaban J connectivity index is 1.40. The van der Waals surface area contributed by atoms with Crippen molar-refractivity contribution in [3.8, 4) is 0 Å². The van der Waals surface area contributed by atoms with Crippen LogP contribution in [0.3, 0.4) is 0 Å². The Morgan fingerprint density at radius 2 is 0.543 bits per heavy atom. The number of anilines is 6. The molecule has 2 heteroatoms.